The highest BCUT2D eigenvalue weighted by Gasteiger charge is 2.13. The van der Waals surface area contributed by atoms with E-state index in [4.69, 9.17) is 11.6 Å². The van der Waals surface area contributed by atoms with Gasteiger partial charge in [-0.05, 0) is 24.3 Å². The number of pyridine rings is 1. The molecule has 3 rings (SSSR count). The van der Waals surface area contributed by atoms with Crippen molar-refractivity contribution in [3.8, 4) is 0 Å². The maximum atomic E-state index is 12.1. The molecular weight excluding hydrogens is 312 g/mol. The van der Waals surface area contributed by atoms with Crippen molar-refractivity contribution in [2.24, 2.45) is 0 Å². The van der Waals surface area contributed by atoms with E-state index in [1.54, 1.807) is 34.9 Å². The zero-order valence-corrected chi connectivity index (χ0v) is 12.3. The first-order valence-corrected chi connectivity index (χ1v) is 7.34. The maximum Gasteiger partial charge on any atom is 0.252 e. The van der Waals surface area contributed by atoms with E-state index < -0.39 is 6.10 Å². The number of carbonyl (C=O) groups is 1. The van der Waals surface area contributed by atoms with E-state index in [-0.39, 0.29) is 12.5 Å². The molecule has 0 saturated carbocycles. The van der Waals surface area contributed by atoms with Crippen LogP contribution in [0.4, 0.5) is 0 Å². The molecule has 0 aliphatic carbocycles. The minimum Gasteiger partial charge on any atom is -0.386 e. The number of aliphatic hydroxyl groups excluding tert-OH is 1. The fourth-order valence-corrected chi connectivity index (χ4v) is 2.91. The van der Waals surface area contributed by atoms with E-state index in [2.05, 4.69) is 15.5 Å². The fourth-order valence-electron chi connectivity index (χ4n) is 1.86. The molecule has 21 heavy (non-hydrogen) atoms. The Kier molecular flexibility index (Phi) is 3.87. The smallest absolute Gasteiger partial charge is 0.252 e. The molecule has 1 amide bonds. The summed E-state index contributed by atoms with van der Waals surface area (Å²) in [5.74, 6) is -0.271. The van der Waals surface area contributed by atoms with Gasteiger partial charge >= 0.3 is 0 Å². The van der Waals surface area contributed by atoms with Crippen molar-refractivity contribution < 1.29 is 9.90 Å². The highest BCUT2D eigenvalue weighted by Crippen LogP contribution is 2.26. The Morgan fingerprint density at radius 3 is 3.05 bits per heavy atom. The lowest BCUT2D eigenvalue weighted by molar-refractivity contribution is 0.0917. The first-order valence-electron chi connectivity index (χ1n) is 6.14. The normalized spacial score (nSPS) is 12.5. The van der Waals surface area contributed by atoms with Crippen molar-refractivity contribution >= 4 is 34.5 Å². The standard InChI is InChI=1S/C13H11ClN4O2S/c14-11-3-2-10(21-11)9(19)5-15-13(20)8-1-4-12-17-16-7-18(12)6-8/h1-4,6-7,9,19H,5H2,(H,15,20). The molecule has 0 saturated heterocycles. The first kappa shape index (κ1) is 14.0. The SMILES string of the molecule is O=C(NCC(O)c1ccc(Cl)s1)c1ccc2nncn2c1. The predicted molar refractivity (Wildman–Crippen MR) is 79.6 cm³/mol. The lowest BCUT2D eigenvalue weighted by Gasteiger charge is -2.10. The zero-order valence-electron chi connectivity index (χ0n) is 10.7. The number of aliphatic hydroxyl groups is 1. The third kappa shape index (κ3) is 3.05. The number of aromatic nitrogens is 3. The summed E-state index contributed by atoms with van der Waals surface area (Å²) in [4.78, 5) is 12.8. The predicted octanol–water partition coefficient (Wildman–Crippen LogP) is 1.91. The van der Waals surface area contributed by atoms with Gasteiger partial charge in [0, 0.05) is 17.6 Å². The number of rotatable bonds is 4. The van der Waals surface area contributed by atoms with Crippen molar-refractivity contribution in [1.29, 1.82) is 0 Å². The van der Waals surface area contributed by atoms with Gasteiger partial charge in [-0.15, -0.1) is 21.5 Å². The molecule has 2 N–H and O–H groups in total. The monoisotopic (exact) mass is 322 g/mol. The van der Waals surface area contributed by atoms with Gasteiger partial charge in [0.05, 0.1) is 9.90 Å². The third-order valence-electron chi connectivity index (χ3n) is 2.93. The van der Waals surface area contributed by atoms with Crippen LogP contribution in [0.3, 0.4) is 0 Å². The number of amides is 1. The lowest BCUT2D eigenvalue weighted by atomic mass is 10.2. The Morgan fingerprint density at radius 2 is 2.29 bits per heavy atom. The Labute approximate surface area is 129 Å². The van der Waals surface area contributed by atoms with Gasteiger partial charge in [-0.25, -0.2) is 0 Å². The van der Waals surface area contributed by atoms with E-state index in [1.807, 2.05) is 0 Å². The Hall–Kier alpha value is -1.96. The van der Waals surface area contributed by atoms with Crippen molar-refractivity contribution in [3.63, 3.8) is 0 Å². The molecule has 0 bridgehead atoms. The largest absolute Gasteiger partial charge is 0.386 e. The summed E-state index contributed by atoms with van der Waals surface area (Å²) < 4.78 is 2.26. The average molecular weight is 323 g/mol. The lowest BCUT2D eigenvalue weighted by Crippen LogP contribution is -2.28. The van der Waals surface area contributed by atoms with Gasteiger partial charge in [0.1, 0.15) is 12.4 Å². The average Bonchev–Trinajstić information content (AvgIpc) is 3.12. The molecule has 6 nitrogen and oxygen atoms in total. The summed E-state index contributed by atoms with van der Waals surface area (Å²) >= 11 is 7.10. The number of carbonyl (C=O) groups excluding carboxylic acids is 1. The third-order valence-corrected chi connectivity index (χ3v) is 4.26. The number of fused-ring (bicyclic) bond motifs is 1. The molecule has 3 heterocycles. The highest BCUT2D eigenvalue weighted by molar-refractivity contribution is 7.16. The molecule has 1 atom stereocenters. The van der Waals surface area contributed by atoms with Gasteiger partial charge in [0.15, 0.2) is 5.65 Å². The molecule has 8 heteroatoms. The van der Waals surface area contributed by atoms with Crippen LogP contribution < -0.4 is 5.32 Å². The summed E-state index contributed by atoms with van der Waals surface area (Å²) in [6, 6.07) is 6.82. The minimum atomic E-state index is -0.773. The molecule has 3 aromatic heterocycles. The number of thiophene rings is 1. The van der Waals surface area contributed by atoms with Crippen LogP contribution >= 0.6 is 22.9 Å². The molecule has 0 fully saturated rings. The second kappa shape index (κ2) is 5.80. The van der Waals surface area contributed by atoms with Crippen molar-refractivity contribution in [2.45, 2.75) is 6.10 Å². The van der Waals surface area contributed by atoms with E-state index >= 15 is 0 Å². The van der Waals surface area contributed by atoms with Gasteiger partial charge < -0.3 is 10.4 Å². The maximum absolute atomic E-state index is 12.1. The Bertz CT molecular complexity index is 785. The van der Waals surface area contributed by atoms with Crippen LogP contribution in [-0.2, 0) is 0 Å². The summed E-state index contributed by atoms with van der Waals surface area (Å²) in [6.45, 7) is 0.121. The number of hydrogen-bond acceptors (Lipinski definition) is 5. The molecule has 0 radical (unpaired) electrons. The summed E-state index contributed by atoms with van der Waals surface area (Å²) in [7, 11) is 0. The van der Waals surface area contributed by atoms with Crippen LogP contribution in [0.2, 0.25) is 4.34 Å². The highest BCUT2D eigenvalue weighted by atomic mass is 35.5. The summed E-state index contributed by atoms with van der Waals surface area (Å²) in [6.07, 6.45) is 2.39. The van der Waals surface area contributed by atoms with Crippen LogP contribution in [0.1, 0.15) is 21.3 Å². The minimum absolute atomic E-state index is 0.121. The van der Waals surface area contributed by atoms with Crippen LogP contribution in [0.5, 0.6) is 0 Å². The van der Waals surface area contributed by atoms with Crippen molar-refractivity contribution in [2.75, 3.05) is 6.54 Å². The van der Waals surface area contributed by atoms with Crippen LogP contribution in [0.15, 0.2) is 36.8 Å². The van der Waals surface area contributed by atoms with E-state index in [0.717, 1.165) is 4.88 Å². The Morgan fingerprint density at radius 1 is 1.43 bits per heavy atom. The van der Waals surface area contributed by atoms with Crippen LogP contribution in [0, 0.1) is 0 Å². The molecule has 0 aliphatic rings. The molecule has 108 valence electrons. The Balaban J connectivity index is 1.65. The van der Waals surface area contributed by atoms with Crippen LogP contribution in [0.25, 0.3) is 5.65 Å². The quantitative estimate of drug-likeness (QED) is 0.769. The number of nitrogens with one attached hydrogen (secondary N) is 1. The first-order chi connectivity index (χ1) is 10.1. The van der Waals surface area contributed by atoms with E-state index in [0.29, 0.717) is 15.5 Å². The number of hydrogen-bond donors (Lipinski definition) is 2. The van der Waals surface area contributed by atoms with Gasteiger partial charge in [-0.2, -0.15) is 0 Å². The van der Waals surface area contributed by atoms with Gasteiger partial charge in [0.25, 0.3) is 5.91 Å². The number of nitrogens with zero attached hydrogens (tertiary/aromatic N) is 3. The molecular formula is C13H11ClN4O2S. The van der Waals surface area contributed by atoms with Gasteiger partial charge in [-0.1, -0.05) is 11.6 Å². The molecule has 1 unspecified atom stereocenters. The molecule has 3 aromatic rings. The summed E-state index contributed by atoms with van der Waals surface area (Å²) in [5.41, 5.74) is 1.14. The molecule has 0 spiro atoms. The number of halogens is 1. The summed E-state index contributed by atoms with van der Waals surface area (Å²) in [5, 5.41) is 20.3. The second-order valence-electron chi connectivity index (χ2n) is 4.38. The van der Waals surface area contributed by atoms with Crippen molar-refractivity contribution in [1.82, 2.24) is 19.9 Å². The molecule has 0 aliphatic heterocycles. The van der Waals surface area contributed by atoms with Crippen LogP contribution in [-0.4, -0.2) is 32.2 Å². The van der Waals surface area contributed by atoms with Gasteiger partial charge in [-0.3, -0.25) is 9.20 Å². The second-order valence-corrected chi connectivity index (χ2v) is 6.13. The zero-order chi connectivity index (χ0) is 14.8. The topological polar surface area (TPSA) is 79.5 Å². The van der Waals surface area contributed by atoms with Crippen molar-refractivity contribution in [3.05, 3.63) is 51.6 Å². The van der Waals surface area contributed by atoms with Gasteiger partial charge in [0.2, 0.25) is 0 Å². The van der Waals surface area contributed by atoms with E-state index in [9.17, 15) is 9.90 Å². The molecule has 0 aromatic carbocycles. The fraction of sp³-hybridized carbons (Fsp3) is 0.154. The van der Waals surface area contributed by atoms with E-state index in [1.165, 1.54) is 17.7 Å².